The van der Waals surface area contributed by atoms with Crippen molar-refractivity contribution in [3.8, 4) is 5.75 Å². The molecule has 170 valence electrons. The first-order valence-corrected chi connectivity index (χ1v) is 11.8. The minimum atomic E-state index is -0.151. The summed E-state index contributed by atoms with van der Waals surface area (Å²) in [6.45, 7) is 10.0. The molecule has 0 saturated carbocycles. The number of carbonyl (C=O) groups excluding carboxylic acids is 1. The van der Waals surface area contributed by atoms with Crippen LogP contribution >= 0.6 is 11.6 Å². The fourth-order valence-electron chi connectivity index (χ4n) is 4.34. The number of rotatable bonds is 7. The highest BCUT2D eigenvalue weighted by atomic mass is 35.5. The summed E-state index contributed by atoms with van der Waals surface area (Å²) in [4.78, 5) is 18.0. The van der Waals surface area contributed by atoms with Gasteiger partial charge in [0.2, 0.25) is 0 Å². The smallest absolute Gasteiger partial charge is 0.257 e. The lowest BCUT2D eigenvalue weighted by Gasteiger charge is -2.34. The van der Waals surface area contributed by atoms with Gasteiger partial charge in [0.05, 0.1) is 24.9 Å². The zero-order valence-corrected chi connectivity index (χ0v) is 19.6. The van der Waals surface area contributed by atoms with Gasteiger partial charge in [-0.15, -0.1) is 0 Å². The predicted octanol–water partition coefficient (Wildman–Crippen LogP) is 4.05. The Bertz CT molecular complexity index is 955. The first-order valence-electron chi connectivity index (χ1n) is 11.4. The molecule has 2 aliphatic heterocycles. The second-order valence-electron chi connectivity index (χ2n) is 8.20. The Labute approximate surface area is 195 Å². The number of benzene rings is 2. The maximum Gasteiger partial charge on any atom is 0.257 e. The zero-order valence-electron chi connectivity index (χ0n) is 18.8. The lowest BCUT2D eigenvalue weighted by atomic mass is 9.98. The number of piperazine rings is 1. The quantitative estimate of drug-likeness (QED) is 0.633. The molecule has 4 rings (SSSR count). The van der Waals surface area contributed by atoms with Crippen LogP contribution in [0.2, 0.25) is 5.02 Å². The second kappa shape index (κ2) is 10.5. The largest absolute Gasteiger partial charge is 0.494 e. The van der Waals surface area contributed by atoms with Crippen LogP contribution in [-0.4, -0.2) is 72.3 Å². The van der Waals surface area contributed by atoms with E-state index < -0.39 is 0 Å². The lowest BCUT2D eigenvalue weighted by molar-refractivity contribution is -0.134. The minimum Gasteiger partial charge on any atom is -0.494 e. The normalized spacial score (nSPS) is 19.8. The number of nitrogens with zero attached hydrogens (tertiary/aromatic N) is 4. The molecule has 2 aliphatic rings. The summed E-state index contributed by atoms with van der Waals surface area (Å²) in [5.74, 6) is 0.851. The molecular formula is C25H31ClN4O2. The van der Waals surface area contributed by atoms with Gasteiger partial charge in [-0.2, -0.15) is 5.10 Å². The molecule has 0 aliphatic carbocycles. The van der Waals surface area contributed by atoms with E-state index in [1.165, 1.54) is 0 Å². The second-order valence-corrected chi connectivity index (χ2v) is 8.60. The molecular weight excluding hydrogens is 424 g/mol. The fraction of sp³-hybridized carbons (Fsp3) is 0.440. The van der Waals surface area contributed by atoms with Gasteiger partial charge in [-0.1, -0.05) is 48.9 Å². The maximum atomic E-state index is 13.4. The van der Waals surface area contributed by atoms with Gasteiger partial charge in [-0.05, 0) is 37.2 Å². The monoisotopic (exact) mass is 454 g/mol. The topological polar surface area (TPSA) is 48.4 Å². The molecule has 1 fully saturated rings. The van der Waals surface area contributed by atoms with E-state index in [4.69, 9.17) is 21.4 Å². The summed E-state index contributed by atoms with van der Waals surface area (Å²) < 4.78 is 5.59. The van der Waals surface area contributed by atoms with Gasteiger partial charge < -0.3 is 9.64 Å². The zero-order chi connectivity index (χ0) is 22.5. The Kier molecular flexibility index (Phi) is 7.45. The Balaban J connectivity index is 1.55. The van der Waals surface area contributed by atoms with E-state index >= 15 is 0 Å². The molecule has 1 atom stereocenters. The fourth-order valence-corrected chi connectivity index (χ4v) is 4.58. The molecule has 0 radical (unpaired) electrons. The van der Waals surface area contributed by atoms with Crippen LogP contribution in [0, 0.1) is 0 Å². The van der Waals surface area contributed by atoms with E-state index in [0.29, 0.717) is 24.6 Å². The van der Waals surface area contributed by atoms with Gasteiger partial charge in [-0.25, -0.2) is 5.01 Å². The van der Waals surface area contributed by atoms with Crippen molar-refractivity contribution >= 4 is 23.2 Å². The van der Waals surface area contributed by atoms with Crippen LogP contribution in [0.3, 0.4) is 0 Å². The number of carbonyl (C=O) groups is 1. The van der Waals surface area contributed by atoms with Crippen LogP contribution in [-0.2, 0) is 4.79 Å². The summed E-state index contributed by atoms with van der Waals surface area (Å²) in [5.41, 5.74) is 2.78. The van der Waals surface area contributed by atoms with Crippen molar-refractivity contribution in [2.24, 2.45) is 5.10 Å². The van der Waals surface area contributed by atoms with Gasteiger partial charge in [0.25, 0.3) is 5.91 Å². The van der Waals surface area contributed by atoms with Gasteiger partial charge in [0, 0.05) is 43.2 Å². The van der Waals surface area contributed by atoms with Gasteiger partial charge >= 0.3 is 0 Å². The number of ether oxygens (including phenoxy) is 1. The van der Waals surface area contributed by atoms with Gasteiger partial charge in [0.15, 0.2) is 0 Å². The first kappa shape index (κ1) is 22.8. The summed E-state index contributed by atoms with van der Waals surface area (Å²) in [6.07, 6.45) is 0.632. The molecule has 6 nitrogen and oxygen atoms in total. The Morgan fingerprint density at radius 1 is 1.03 bits per heavy atom. The predicted molar refractivity (Wildman–Crippen MR) is 128 cm³/mol. The summed E-state index contributed by atoms with van der Waals surface area (Å²) in [7, 11) is 0. The van der Waals surface area contributed by atoms with Crippen LogP contribution in [0.15, 0.2) is 53.6 Å². The average Bonchev–Trinajstić information content (AvgIpc) is 3.26. The highest BCUT2D eigenvalue weighted by Gasteiger charge is 2.34. The summed E-state index contributed by atoms with van der Waals surface area (Å²) >= 11 is 6.45. The first-order chi connectivity index (χ1) is 15.6. The third-order valence-electron chi connectivity index (χ3n) is 6.20. The molecule has 1 saturated heterocycles. The van der Waals surface area contributed by atoms with E-state index in [0.717, 1.165) is 55.3 Å². The van der Waals surface area contributed by atoms with Crippen LogP contribution < -0.4 is 4.74 Å². The Hall–Kier alpha value is -2.41. The molecule has 0 spiro atoms. The number of halogens is 1. The molecule has 0 aromatic heterocycles. The molecule has 2 aromatic carbocycles. The van der Waals surface area contributed by atoms with E-state index in [9.17, 15) is 4.79 Å². The maximum absolute atomic E-state index is 13.4. The number of hydrogen-bond acceptors (Lipinski definition) is 5. The van der Waals surface area contributed by atoms with Crippen molar-refractivity contribution in [1.82, 2.24) is 14.8 Å². The van der Waals surface area contributed by atoms with Crippen molar-refractivity contribution in [2.75, 3.05) is 45.9 Å². The SMILES string of the molecule is CCOc1ccc([C@@H]2CC(c3ccccc3Cl)=NN2C(=O)CN2CCN(CC)CC2)cc1. The van der Waals surface area contributed by atoms with Crippen LogP contribution in [0.25, 0.3) is 0 Å². The number of amides is 1. The van der Waals surface area contributed by atoms with Crippen molar-refractivity contribution in [3.05, 3.63) is 64.7 Å². The van der Waals surface area contributed by atoms with E-state index in [-0.39, 0.29) is 11.9 Å². The van der Waals surface area contributed by atoms with Crippen molar-refractivity contribution in [1.29, 1.82) is 0 Å². The Morgan fingerprint density at radius 3 is 2.38 bits per heavy atom. The summed E-state index contributed by atoms with van der Waals surface area (Å²) in [5, 5.41) is 7.10. The van der Waals surface area contributed by atoms with E-state index in [1.807, 2.05) is 55.5 Å². The van der Waals surface area contributed by atoms with Crippen LogP contribution in [0.1, 0.15) is 37.4 Å². The van der Waals surface area contributed by atoms with Crippen LogP contribution in [0.5, 0.6) is 5.75 Å². The molecule has 0 unspecified atom stereocenters. The van der Waals surface area contributed by atoms with Gasteiger partial charge in [0.1, 0.15) is 5.75 Å². The minimum absolute atomic E-state index is 0.0240. The standard InChI is InChI=1S/C25H31ClN4O2/c1-3-28-13-15-29(16-14-28)18-25(31)30-24(19-9-11-20(12-10-19)32-4-2)17-23(27-30)21-7-5-6-8-22(21)26/h5-12,24H,3-4,13-18H2,1-2H3/t24-/m0/s1. The van der Waals surface area contributed by atoms with Crippen molar-refractivity contribution in [3.63, 3.8) is 0 Å². The highest BCUT2D eigenvalue weighted by molar-refractivity contribution is 6.34. The third-order valence-corrected chi connectivity index (χ3v) is 6.53. The molecule has 1 amide bonds. The van der Waals surface area contributed by atoms with E-state index in [1.54, 1.807) is 5.01 Å². The number of hydrogen-bond donors (Lipinski definition) is 0. The molecule has 0 N–H and O–H groups in total. The molecule has 0 bridgehead atoms. The lowest BCUT2D eigenvalue weighted by Crippen LogP contribution is -2.49. The molecule has 2 aromatic rings. The third kappa shape index (κ3) is 5.14. The van der Waals surface area contributed by atoms with Gasteiger partial charge in [-0.3, -0.25) is 9.69 Å². The molecule has 7 heteroatoms. The average molecular weight is 455 g/mol. The highest BCUT2D eigenvalue weighted by Crippen LogP contribution is 2.35. The van der Waals surface area contributed by atoms with Crippen molar-refractivity contribution < 1.29 is 9.53 Å². The summed E-state index contributed by atoms with van der Waals surface area (Å²) in [6, 6.07) is 15.5. The molecule has 2 heterocycles. The molecule has 32 heavy (non-hydrogen) atoms. The Morgan fingerprint density at radius 2 is 1.72 bits per heavy atom. The number of hydrazone groups is 1. The van der Waals surface area contributed by atoms with E-state index in [2.05, 4.69) is 16.7 Å². The number of likely N-dealkylation sites (N-methyl/N-ethyl adjacent to an activating group) is 1. The van der Waals surface area contributed by atoms with Crippen molar-refractivity contribution in [2.45, 2.75) is 26.3 Å². The van der Waals surface area contributed by atoms with Crippen LogP contribution in [0.4, 0.5) is 0 Å².